The van der Waals surface area contributed by atoms with E-state index in [1.54, 1.807) is 0 Å². The van der Waals surface area contributed by atoms with Crippen LogP contribution in [0.1, 0.15) is 32.3 Å². The molecule has 3 nitrogen and oxygen atoms in total. The fourth-order valence-electron chi connectivity index (χ4n) is 2.32. The lowest BCUT2D eigenvalue weighted by Gasteiger charge is -2.14. The lowest BCUT2D eigenvalue weighted by molar-refractivity contribution is -0.125. The molecule has 1 amide bonds. The molecule has 98 valence electrons. The second kappa shape index (κ2) is 5.89. The van der Waals surface area contributed by atoms with Crippen molar-refractivity contribution in [1.29, 1.82) is 0 Å². The number of carbonyl (C=O) groups is 1. The number of para-hydroxylation sites is 1. The van der Waals surface area contributed by atoms with Crippen molar-refractivity contribution in [2.45, 2.75) is 39.2 Å². The fourth-order valence-corrected chi connectivity index (χ4v) is 2.32. The molecule has 3 heteroatoms. The normalized spacial score (nSPS) is 18.9. The van der Waals surface area contributed by atoms with E-state index < -0.39 is 0 Å². The largest absolute Gasteiger partial charge is 0.488 e. The average Bonchev–Trinajstić information content (AvgIpc) is 2.78. The van der Waals surface area contributed by atoms with Crippen molar-refractivity contribution >= 4 is 5.91 Å². The minimum Gasteiger partial charge on any atom is -0.488 e. The summed E-state index contributed by atoms with van der Waals surface area (Å²) in [4.78, 5) is 11.8. The van der Waals surface area contributed by atoms with Crippen molar-refractivity contribution in [3.8, 4) is 5.75 Å². The number of benzene rings is 1. The Morgan fingerprint density at radius 2 is 2.28 bits per heavy atom. The highest BCUT2D eigenvalue weighted by Crippen LogP contribution is 2.27. The van der Waals surface area contributed by atoms with Crippen molar-refractivity contribution in [2.75, 3.05) is 6.54 Å². The first-order valence-electron chi connectivity index (χ1n) is 6.73. The average molecular weight is 247 g/mol. The van der Waals surface area contributed by atoms with Gasteiger partial charge in [-0.25, -0.2) is 0 Å². The Kier molecular flexibility index (Phi) is 4.24. The van der Waals surface area contributed by atoms with Gasteiger partial charge in [0.25, 0.3) is 0 Å². The van der Waals surface area contributed by atoms with Crippen LogP contribution in [0.2, 0.25) is 0 Å². The Bertz CT molecular complexity index is 392. The molecular weight excluding hydrogens is 226 g/mol. The standard InChI is InChI=1S/C15H21NO2/c1-3-6-11(2)15(17)16-10-13-9-12-7-4-5-8-14(12)18-13/h4-5,7-8,11,13H,3,6,9-10H2,1-2H3,(H,16,17). The third-order valence-electron chi connectivity index (χ3n) is 3.39. The summed E-state index contributed by atoms with van der Waals surface area (Å²) in [5.41, 5.74) is 1.23. The van der Waals surface area contributed by atoms with E-state index in [-0.39, 0.29) is 17.9 Å². The first-order valence-corrected chi connectivity index (χ1v) is 6.73. The molecule has 0 radical (unpaired) electrons. The molecule has 0 saturated carbocycles. The van der Waals surface area contributed by atoms with Crippen LogP contribution in [0.15, 0.2) is 24.3 Å². The molecule has 2 rings (SSSR count). The molecule has 2 atom stereocenters. The highest BCUT2D eigenvalue weighted by Gasteiger charge is 2.23. The van der Waals surface area contributed by atoms with Gasteiger partial charge < -0.3 is 10.1 Å². The molecule has 1 aliphatic rings. The number of hydrogen-bond donors (Lipinski definition) is 1. The maximum atomic E-state index is 11.8. The van der Waals surface area contributed by atoms with Crippen LogP contribution in [0.4, 0.5) is 0 Å². The Balaban J connectivity index is 1.78. The molecule has 1 aliphatic heterocycles. The molecule has 0 aliphatic carbocycles. The van der Waals surface area contributed by atoms with Crippen LogP contribution in [0, 0.1) is 5.92 Å². The zero-order valence-corrected chi connectivity index (χ0v) is 11.1. The second-order valence-electron chi connectivity index (χ2n) is 4.99. The van der Waals surface area contributed by atoms with E-state index in [0.717, 1.165) is 25.0 Å². The molecule has 1 N–H and O–H groups in total. The Morgan fingerprint density at radius 1 is 1.50 bits per heavy atom. The lowest BCUT2D eigenvalue weighted by Crippen LogP contribution is -2.37. The van der Waals surface area contributed by atoms with Crippen molar-refractivity contribution < 1.29 is 9.53 Å². The van der Waals surface area contributed by atoms with E-state index in [1.807, 2.05) is 25.1 Å². The predicted octanol–water partition coefficient (Wildman–Crippen LogP) is 2.54. The first-order chi connectivity index (χ1) is 8.70. The zero-order valence-electron chi connectivity index (χ0n) is 11.1. The summed E-state index contributed by atoms with van der Waals surface area (Å²) in [5, 5.41) is 2.98. The van der Waals surface area contributed by atoms with Crippen LogP contribution in [-0.4, -0.2) is 18.6 Å². The first kappa shape index (κ1) is 12.9. The SMILES string of the molecule is CCCC(C)C(=O)NCC1Cc2ccccc2O1. The van der Waals surface area contributed by atoms with Crippen LogP contribution < -0.4 is 10.1 Å². The third-order valence-corrected chi connectivity index (χ3v) is 3.39. The minimum atomic E-state index is 0.0835. The van der Waals surface area contributed by atoms with Gasteiger partial charge in [0.2, 0.25) is 5.91 Å². The topological polar surface area (TPSA) is 38.3 Å². The minimum absolute atomic E-state index is 0.0835. The van der Waals surface area contributed by atoms with Crippen molar-refractivity contribution in [3.05, 3.63) is 29.8 Å². The van der Waals surface area contributed by atoms with Crippen LogP contribution in [0.5, 0.6) is 5.75 Å². The molecule has 18 heavy (non-hydrogen) atoms. The number of carbonyl (C=O) groups excluding carboxylic acids is 1. The Labute approximate surface area is 109 Å². The summed E-state index contributed by atoms with van der Waals surface area (Å²) in [6.45, 7) is 4.67. The summed E-state index contributed by atoms with van der Waals surface area (Å²) < 4.78 is 5.78. The van der Waals surface area contributed by atoms with Gasteiger partial charge in [-0.3, -0.25) is 4.79 Å². The van der Waals surface area contributed by atoms with Crippen LogP contribution in [0.3, 0.4) is 0 Å². The van der Waals surface area contributed by atoms with Crippen molar-refractivity contribution in [3.63, 3.8) is 0 Å². The van der Waals surface area contributed by atoms with Gasteiger partial charge in [-0.1, -0.05) is 38.5 Å². The van der Waals surface area contributed by atoms with E-state index in [9.17, 15) is 4.79 Å². The second-order valence-corrected chi connectivity index (χ2v) is 4.99. The number of hydrogen-bond acceptors (Lipinski definition) is 2. The Hall–Kier alpha value is -1.51. The summed E-state index contributed by atoms with van der Waals surface area (Å²) in [6, 6.07) is 8.06. The van der Waals surface area contributed by atoms with E-state index in [4.69, 9.17) is 4.74 Å². The maximum absolute atomic E-state index is 11.8. The van der Waals surface area contributed by atoms with E-state index >= 15 is 0 Å². The maximum Gasteiger partial charge on any atom is 0.222 e. The van der Waals surface area contributed by atoms with Gasteiger partial charge in [-0.15, -0.1) is 0 Å². The molecule has 0 saturated heterocycles. The predicted molar refractivity (Wildman–Crippen MR) is 71.6 cm³/mol. The lowest BCUT2D eigenvalue weighted by atomic mass is 10.1. The Morgan fingerprint density at radius 3 is 3.00 bits per heavy atom. The summed E-state index contributed by atoms with van der Waals surface area (Å²) in [7, 11) is 0. The van der Waals surface area contributed by atoms with E-state index in [2.05, 4.69) is 18.3 Å². The van der Waals surface area contributed by atoms with Gasteiger partial charge in [0, 0.05) is 12.3 Å². The van der Waals surface area contributed by atoms with Crippen LogP contribution in [-0.2, 0) is 11.2 Å². The summed E-state index contributed by atoms with van der Waals surface area (Å²) >= 11 is 0. The zero-order chi connectivity index (χ0) is 13.0. The number of fused-ring (bicyclic) bond motifs is 1. The summed E-state index contributed by atoms with van der Waals surface area (Å²) in [6.07, 6.45) is 2.95. The third kappa shape index (κ3) is 3.03. The van der Waals surface area contributed by atoms with Gasteiger partial charge in [-0.2, -0.15) is 0 Å². The van der Waals surface area contributed by atoms with Gasteiger partial charge in [0.1, 0.15) is 11.9 Å². The number of rotatable bonds is 5. The molecule has 0 bridgehead atoms. The number of ether oxygens (including phenoxy) is 1. The monoisotopic (exact) mass is 247 g/mol. The molecule has 2 unspecified atom stereocenters. The smallest absolute Gasteiger partial charge is 0.222 e. The van der Waals surface area contributed by atoms with Crippen molar-refractivity contribution in [1.82, 2.24) is 5.32 Å². The highest BCUT2D eigenvalue weighted by atomic mass is 16.5. The quantitative estimate of drug-likeness (QED) is 0.868. The summed E-state index contributed by atoms with van der Waals surface area (Å²) in [5.74, 6) is 1.19. The van der Waals surface area contributed by atoms with Crippen molar-refractivity contribution in [2.24, 2.45) is 5.92 Å². The van der Waals surface area contributed by atoms with Crippen LogP contribution in [0.25, 0.3) is 0 Å². The van der Waals surface area contributed by atoms with Gasteiger partial charge in [0.05, 0.1) is 6.54 Å². The van der Waals surface area contributed by atoms with E-state index in [0.29, 0.717) is 6.54 Å². The molecule has 0 fully saturated rings. The van der Waals surface area contributed by atoms with E-state index in [1.165, 1.54) is 5.56 Å². The molecule has 1 aromatic carbocycles. The molecule has 0 spiro atoms. The number of amides is 1. The van der Waals surface area contributed by atoms with Gasteiger partial charge in [0.15, 0.2) is 0 Å². The van der Waals surface area contributed by atoms with Gasteiger partial charge >= 0.3 is 0 Å². The fraction of sp³-hybridized carbons (Fsp3) is 0.533. The van der Waals surface area contributed by atoms with Gasteiger partial charge in [-0.05, 0) is 18.1 Å². The molecular formula is C15H21NO2. The molecule has 1 heterocycles. The number of nitrogens with one attached hydrogen (secondary N) is 1. The van der Waals surface area contributed by atoms with Crippen LogP contribution >= 0.6 is 0 Å². The molecule has 1 aromatic rings. The molecule has 0 aromatic heterocycles. The highest BCUT2D eigenvalue weighted by molar-refractivity contribution is 5.78.